The molecule has 0 N–H and O–H groups in total. The van der Waals surface area contributed by atoms with Crippen LogP contribution in [0, 0.1) is 0 Å². The van der Waals surface area contributed by atoms with Crippen molar-refractivity contribution < 1.29 is 0 Å². The predicted octanol–water partition coefficient (Wildman–Crippen LogP) is 2.65. The van der Waals surface area contributed by atoms with Crippen LogP contribution in [0.15, 0.2) is 29.3 Å². The summed E-state index contributed by atoms with van der Waals surface area (Å²) in [5.41, 5.74) is 3.23. The molecule has 1 rings (SSSR count). The van der Waals surface area contributed by atoms with Crippen LogP contribution in [0.25, 0.3) is 0 Å². The van der Waals surface area contributed by atoms with Crippen LogP contribution >= 0.6 is 11.6 Å². The summed E-state index contributed by atoms with van der Waals surface area (Å²) in [6.07, 6.45) is 0. The molecular weight excluding hydrogens is 172 g/mol. The van der Waals surface area contributed by atoms with E-state index in [9.17, 15) is 0 Å². The molecule has 0 aliphatic carbocycles. The maximum absolute atomic E-state index is 5.40. The van der Waals surface area contributed by atoms with Gasteiger partial charge in [0.25, 0.3) is 0 Å². The van der Waals surface area contributed by atoms with Crippen molar-refractivity contribution in [3.8, 4) is 0 Å². The summed E-state index contributed by atoms with van der Waals surface area (Å²) in [4.78, 5) is 6.03. The molecule has 3 heteroatoms. The second kappa shape index (κ2) is 4.12. The minimum Gasteiger partial charge on any atom is -0.376 e. The van der Waals surface area contributed by atoms with Gasteiger partial charge in [0.1, 0.15) is 0 Å². The van der Waals surface area contributed by atoms with Gasteiger partial charge in [-0.3, -0.25) is 0 Å². The largest absolute Gasteiger partial charge is 0.376 e. The first kappa shape index (κ1) is 9.07. The molecule has 0 aromatic heterocycles. The van der Waals surface area contributed by atoms with Crippen LogP contribution in [-0.4, -0.2) is 19.8 Å². The Bertz CT molecular complexity index is 282. The van der Waals surface area contributed by atoms with E-state index in [0.717, 1.165) is 11.4 Å². The Kier molecular flexibility index (Phi) is 3.11. The van der Waals surface area contributed by atoms with Crippen LogP contribution in [-0.2, 0) is 0 Å². The molecule has 1 aromatic carbocycles. The molecule has 0 atom stereocenters. The van der Waals surface area contributed by atoms with E-state index in [0.29, 0.717) is 0 Å². The molecule has 0 aliphatic rings. The summed E-state index contributed by atoms with van der Waals surface area (Å²) in [6, 6.07) is 7.84. The number of para-hydroxylation sites is 2. The molecule has 0 radical (unpaired) electrons. The number of hydrogen-bond acceptors (Lipinski definition) is 2. The van der Waals surface area contributed by atoms with Gasteiger partial charge in [-0.05, 0) is 12.1 Å². The first-order valence-electron chi connectivity index (χ1n) is 3.65. The molecule has 0 fully saturated rings. The van der Waals surface area contributed by atoms with Gasteiger partial charge in [0, 0.05) is 14.1 Å². The third-order valence-corrected chi connectivity index (χ3v) is 1.65. The number of benzene rings is 1. The van der Waals surface area contributed by atoms with Gasteiger partial charge in [0.2, 0.25) is 0 Å². The Balaban J connectivity index is 3.08. The van der Waals surface area contributed by atoms with Crippen molar-refractivity contribution in [2.45, 2.75) is 0 Å². The quantitative estimate of drug-likeness (QED) is 0.643. The van der Waals surface area contributed by atoms with E-state index in [1.807, 2.05) is 43.3 Å². The van der Waals surface area contributed by atoms with Crippen molar-refractivity contribution in [2.24, 2.45) is 4.99 Å². The maximum atomic E-state index is 5.40. The zero-order valence-electron chi connectivity index (χ0n) is 7.16. The van der Waals surface area contributed by atoms with Gasteiger partial charge < -0.3 is 4.90 Å². The summed E-state index contributed by atoms with van der Waals surface area (Å²) >= 11 is 5.40. The molecule has 0 unspecified atom stereocenters. The Hall–Kier alpha value is -1.02. The standard InChI is InChI=1S/C9H11ClN2/c1-12(2)9-6-4-3-5-8(9)11-7-10/h3-7H,1-2H3. The summed E-state index contributed by atoms with van der Waals surface area (Å²) in [5.74, 6) is 0. The van der Waals surface area contributed by atoms with Crippen molar-refractivity contribution in [2.75, 3.05) is 19.0 Å². The predicted molar refractivity (Wildman–Crippen MR) is 54.8 cm³/mol. The van der Waals surface area contributed by atoms with Crippen LogP contribution in [0.2, 0.25) is 0 Å². The molecule has 0 saturated carbocycles. The minimum atomic E-state index is 0.887. The van der Waals surface area contributed by atoms with Crippen LogP contribution in [0.4, 0.5) is 11.4 Å². The topological polar surface area (TPSA) is 15.6 Å². The lowest BCUT2D eigenvalue weighted by Gasteiger charge is -2.13. The van der Waals surface area contributed by atoms with E-state index in [1.165, 1.54) is 5.67 Å². The van der Waals surface area contributed by atoms with Gasteiger partial charge in [0.05, 0.1) is 17.0 Å². The highest BCUT2D eigenvalue weighted by Gasteiger charge is 1.99. The van der Waals surface area contributed by atoms with E-state index < -0.39 is 0 Å². The minimum absolute atomic E-state index is 0.887. The van der Waals surface area contributed by atoms with Crippen LogP contribution in [0.5, 0.6) is 0 Å². The van der Waals surface area contributed by atoms with Crippen molar-refractivity contribution in [1.82, 2.24) is 0 Å². The van der Waals surface area contributed by atoms with Gasteiger partial charge in [-0.15, -0.1) is 0 Å². The number of rotatable bonds is 2. The molecule has 1 aromatic rings. The molecule has 0 amide bonds. The molecule has 0 bridgehead atoms. The van der Waals surface area contributed by atoms with E-state index in [1.54, 1.807) is 0 Å². The van der Waals surface area contributed by atoms with Gasteiger partial charge >= 0.3 is 0 Å². The number of aliphatic imine (C=N–C) groups is 1. The van der Waals surface area contributed by atoms with E-state index in [2.05, 4.69) is 4.99 Å². The molecule has 0 aliphatic heterocycles. The second-order valence-electron chi connectivity index (χ2n) is 2.61. The van der Waals surface area contributed by atoms with E-state index in [-0.39, 0.29) is 0 Å². The molecule has 2 nitrogen and oxygen atoms in total. The third-order valence-electron chi connectivity index (χ3n) is 1.55. The average Bonchev–Trinajstić information content (AvgIpc) is 2.05. The molecule has 64 valence electrons. The smallest absolute Gasteiger partial charge is 0.0934 e. The Morgan fingerprint density at radius 3 is 2.58 bits per heavy atom. The van der Waals surface area contributed by atoms with Crippen molar-refractivity contribution in [3.05, 3.63) is 24.3 Å². The van der Waals surface area contributed by atoms with Gasteiger partial charge in [-0.1, -0.05) is 23.7 Å². The first-order valence-corrected chi connectivity index (χ1v) is 4.08. The lowest BCUT2D eigenvalue weighted by molar-refractivity contribution is 1.13. The molecular formula is C9H11ClN2. The van der Waals surface area contributed by atoms with E-state index >= 15 is 0 Å². The van der Waals surface area contributed by atoms with Crippen molar-refractivity contribution in [3.63, 3.8) is 0 Å². The molecule has 12 heavy (non-hydrogen) atoms. The number of halogens is 1. The highest BCUT2D eigenvalue weighted by Crippen LogP contribution is 2.25. The lowest BCUT2D eigenvalue weighted by Crippen LogP contribution is -2.08. The fourth-order valence-corrected chi connectivity index (χ4v) is 1.11. The third kappa shape index (κ3) is 1.98. The van der Waals surface area contributed by atoms with Gasteiger partial charge in [0.15, 0.2) is 0 Å². The summed E-state index contributed by atoms with van der Waals surface area (Å²) in [5, 5.41) is 0. The summed E-state index contributed by atoms with van der Waals surface area (Å²) in [6.45, 7) is 0. The van der Waals surface area contributed by atoms with Crippen LogP contribution in [0.1, 0.15) is 0 Å². The SMILES string of the molecule is CN(C)c1ccccc1N=CCl. The highest BCUT2D eigenvalue weighted by atomic mass is 35.5. The van der Waals surface area contributed by atoms with E-state index in [4.69, 9.17) is 11.6 Å². The Morgan fingerprint density at radius 2 is 2.00 bits per heavy atom. The second-order valence-corrected chi connectivity index (χ2v) is 2.81. The summed E-state index contributed by atoms with van der Waals surface area (Å²) < 4.78 is 0. The zero-order chi connectivity index (χ0) is 8.97. The molecule has 0 spiro atoms. The van der Waals surface area contributed by atoms with Crippen LogP contribution in [0.3, 0.4) is 0 Å². The maximum Gasteiger partial charge on any atom is 0.0934 e. The number of hydrogen-bond donors (Lipinski definition) is 0. The fraction of sp³-hybridized carbons (Fsp3) is 0.222. The van der Waals surface area contributed by atoms with Crippen molar-refractivity contribution in [1.29, 1.82) is 0 Å². The first-order chi connectivity index (χ1) is 5.75. The van der Waals surface area contributed by atoms with Crippen LogP contribution < -0.4 is 4.90 Å². The number of nitrogens with zero attached hydrogens (tertiary/aromatic N) is 2. The lowest BCUT2D eigenvalue weighted by atomic mass is 10.2. The normalized spacial score (nSPS) is 10.6. The zero-order valence-corrected chi connectivity index (χ0v) is 7.92. The summed E-state index contributed by atoms with van der Waals surface area (Å²) in [7, 11) is 3.95. The monoisotopic (exact) mass is 182 g/mol. The Morgan fingerprint density at radius 1 is 1.33 bits per heavy atom. The molecule has 0 heterocycles. The van der Waals surface area contributed by atoms with Gasteiger partial charge in [-0.25, -0.2) is 4.99 Å². The number of anilines is 1. The van der Waals surface area contributed by atoms with Gasteiger partial charge in [-0.2, -0.15) is 0 Å². The van der Waals surface area contributed by atoms with Crippen molar-refractivity contribution >= 4 is 28.6 Å². The molecule has 0 saturated heterocycles. The average molecular weight is 183 g/mol. The Labute approximate surface area is 77.5 Å². The fourth-order valence-electron chi connectivity index (χ4n) is 1.00. The highest BCUT2D eigenvalue weighted by molar-refractivity contribution is 6.56.